The van der Waals surface area contributed by atoms with Gasteiger partial charge in [0.05, 0.1) is 18.5 Å². The third-order valence-corrected chi connectivity index (χ3v) is 3.41. The Labute approximate surface area is 132 Å². The van der Waals surface area contributed by atoms with Crippen molar-refractivity contribution in [3.63, 3.8) is 0 Å². The molecule has 2 N–H and O–H groups in total. The molecule has 2 heterocycles. The lowest BCUT2D eigenvalue weighted by molar-refractivity contribution is 0.416. The zero-order chi connectivity index (χ0) is 16.4. The molecule has 0 atom stereocenters. The number of nitrogen functional groups attached to an aromatic ring is 1. The molecule has 3 rings (SSSR count). The molecule has 0 fully saturated rings. The van der Waals surface area contributed by atoms with Gasteiger partial charge in [-0.2, -0.15) is 5.10 Å². The topological polar surface area (TPSA) is 95.9 Å². The highest BCUT2D eigenvalue weighted by atomic mass is 16.5. The molecule has 0 aliphatic heterocycles. The Kier molecular flexibility index (Phi) is 3.76. The molecule has 23 heavy (non-hydrogen) atoms. The van der Waals surface area contributed by atoms with E-state index in [0.29, 0.717) is 22.7 Å². The maximum absolute atomic E-state index is 11.5. The number of benzene rings is 1. The molecule has 0 unspecified atom stereocenters. The third-order valence-electron chi connectivity index (χ3n) is 3.41. The van der Waals surface area contributed by atoms with Gasteiger partial charge < -0.3 is 10.5 Å². The molecule has 0 spiro atoms. The zero-order valence-electron chi connectivity index (χ0n) is 12.7. The van der Waals surface area contributed by atoms with E-state index in [1.807, 2.05) is 24.3 Å². The first kappa shape index (κ1) is 14.7. The van der Waals surface area contributed by atoms with Gasteiger partial charge in [0.15, 0.2) is 0 Å². The number of para-hydroxylation sites is 1. The van der Waals surface area contributed by atoms with Crippen LogP contribution in [0.4, 0.5) is 5.95 Å². The van der Waals surface area contributed by atoms with Gasteiger partial charge in [0.2, 0.25) is 5.95 Å². The minimum Gasteiger partial charge on any atom is -0.496 e. The van der Waals surface area contributed by atoms with Crippen LogP contribution in [-0.2, 0) is 7.05 Å². The van der Waals surface area contributed by atoms with Crippen LogP contribution >= 0.6 is 0 Å². The van der Waals surface area contributed by atoms with Gasteiger partial charge in [0.1, 0.15) is 5.75 Å². The van der Waals surface area contributed by atoms with Crippen molar-refractivity contribution < 1.29 is 4.74 Å². The quantitative estimate of drug-likeness (QED) is 0.787. The summed E-state index contributed by atoms with van der Waals surface area (Å²) in [4.78, 5) is 19.9. The van der Waals surface area contributed by atoms with Crippen LogP contribution in [-0.4, -0.2) is 26.9 Å². The Morgan fingerprint density at radius 1 is 1.13 bits per heavy atom. The number of nitrogens with zero attached hydrogens (tertiary/aromatic N) is 4. The van der Waals surface area contributed by atoms with Crippen LogP contribution in [0.25, 0.3) is 22.5 Å². The van der Waals surface area contributed by atoms with Crippen LogP contribution < -0.4 is 16.0 Å². The summed E-state index contributed by atoms with van der Waals surface area (Å²) < 4.78 is 6.66. The summed E-state index contributed by atoms with van der Waals surface area (Å²) in [6.45, 7) is 0. The summed E-state index contributed by atoms with van der Waals surface area (Å²) in [5.41, 5.74) is 8.17. The van der Waals surface area contributed by atoms with E-state index in [1.54, 1.807) is 26.4 Å². The number of nitrogens with two attached hydrogens (primary N) is 1. The normalized spacial score (nSPS) is 10.5. The monoisotopic (exact) mass is 309 g/mol. The molecule has 116 valence electrons. The number of rotatable bonds is 3. The molecule has 0 aliphatic carbocycles. The molecular weight excluding hydrogens is 294 g/mol. The van der Waals surface area contributed by atoms with Crippen molar-refractivity contribution in [1.29, 1.82) is 0 Å². The smallest absolute Gasteiger partial charge is 0.266 e. The first-order chi connectivity index (χ1) is 11.1. The van der Waals surface area contributed by atoms with Gasteiger partial charge in [0, 0.05) is 30.4 Å². The van der Waals surface area contributed by atoms with Crippen molar-refractivity contribution in [2.24, 2.45) is 7.05 Å². The van der Waals surface area contributed by atoms with Gasteiger partial charge in [-0.05, 0) is 18.2 Å². The van der Waals surface area contributed by atoms with Crippen molar-refractivity contribution >= 4 is 5.95 Å². The highest BCUT2D eigenvalue weighted by molar-refractivity contribution is 5.81. The fourth-order valence-corrected chi connectivity index (χ4v) is 2.27. The number of ether oxygens (including phenoxy) is 1. The van der Waals surface area contributed by atoms with Gasteiger partial charge in [-0.15, -0.1) is 0 Å². The molecule has 0 saturated heterocycles. The van der Waals surface area contributed by atoms with Gasteiger partial charge >= 0.3 is 0 Å². The zero-order valence-corrected chi connectivity index (χ0v) is 12.7. The van der Waals surface area contributed by atoms with E-state index in [9.17, 15) is 4.79 Å². The highest BCUT2D eigenvalue weighted by Crippen LogP contribution is 2.34. The van der Waals surface area contributed by atoms with Crippen LogP contribution in [0.1, 0.15) is 0 Å². The molecule has 0 saturated carbocycles. The van der Waals surface area contributed by atoms with Gasteiger partial charge in [-0.3, -0.25) is 4.79 Å². The Morgan fingerprint density at radius 2 is 1.91 bits per heavy atom. The summed E-state index contributed by atoms with van der Waals surface area (Å²) in [6.07, 6.45) is 1.59. The van der Waals surface area contributed by atoms with Crippen LogP contribution in [0.5, 0.6) is 5.75 Å². The van der Waals surface area contributed by atoms with Gasteiger partial charge in [-0.1, -0.05) is 12.1 Å². The molecule has 7 heteroatoms. The molecule has 0 aliphatic rings. The Balaban J connectivity index is 2.26. The van der Waals surface area contributed by atoms with E-state index in [-0.39, 0.29) is 11.5 Å². The summed E-state index contributed by atoms with van der Waals surface area (Å²) in [5, 5.41) is 4.26. The van der Waals surface area contributed by atoms with Crippen LogP contribution in [0.2, 0.25) is 0 Å². The lowest BCUT2D eigenvalue weighted by Gasteiger charge is -2.12. The largest absolute Gasteiger partial charge is 0.496 e. The Hall–Kier alpha value is -3.22. The predicted octanol–water partition coefficient (Wildman–Crippen LogP) is 1.50. The lowest BCUT2D eigenvalue weighted by Crippen LogP contribution is -2.18. The second kappa shape index (κ2) is 5.88. The SMILES string of the molecule is COc1ccccc1-c1nc(N)ncc1-c1ccc(=O)n(C)n1. The molecule has 3 aromatic rings. The second-order valence-electron chi connectivity index (χ2n) is 4.87. The fourth-order valence-electron chi connectivity index (χ4n) is 2.27. The van der Waals surface area contributed by atoms with E-state index in [2.05, 4.69) is 15.1 Å². The van der Waals surface area contributed by atoms with E-state index in [4.69, 9.17) is 10.5 Å². The third kappa shape index (κ3) is 2.76. The van der Waals surface area contributed by atoms with Crippen LogP contribution in [0.3, 0.4) is 0 Å². The van der Waals surface area contributed by atoms with E-state index in [1.165, 1.54) is 10.7 Å². The molecule has 7 nitrogen and oxygen atoms in total. The van der Waals surface area contributed by atoms with Crippen molar-refractivity contribution in [1.82, 2.24) is 19.7 Å². The van der Waals surface area contributed by atoms with Gasteiger partial charge in [-0.25, -0.2) is 14.6 Å². The second-order valence-corrected chi connectivity index (χ2v) is 4.87. The number of anilines is 1. The highest BCUT2D eigenvalue weighted by Gasteiger charge is 2.16. The molecule has 0 bridgehead atoms. The van der Waals surface area contributed by atoms with E-state index >= 15 is 0 Å². The summed E-state index contributed by atoms with van der Waals surface area (Å²) in [7, 11) is 3.18. The number of hydrogen-bond donors (Lipinski definition) is 1. The molecular formula is C16H15N5O2. The van der Waals surface area contributed by atoms with Crippen molar-refractivity contribution in [3.05, 3.63) is 52.9 Å². The maximum Gasteiger partial charge on any atom is 0.266 e. The minimum atomic E-state index is -0.191. The average Bonchev–Trinajstić information content (AvgIpc) is 2.57. The lowest BCUT2D eigenvalue weighted by atomic mass is 10.0. The standard InChI is InChI=1S/C16H15N5O2/c1-21-14(22)8-7-12(20-21)11-9-18-16(17)19-15(11)10-5-3-4-6-13(10)23-2/h3-9H,1-2H3,(H2,17,18,19). The Bertz CT molecular complexity index is 920. The number of hydrogen-bond acceptors (Lipinski definition) is 6. The average molecular weight is 309 g/mol. The minimum absolute atomic E-state index is 0.152. The maximum atomic E-state index is 11.5. The van der Waals surface area contributed by atoms with Crippen molar-refractivity contribution in [3.8, 4) is 28.3 Å². The van der Waals surface area contributed by atoms with E-state index < -0.39 is 0 Å². The number of aromatic nitrogens is 4. The van der Waals surface area contributed by atoms with Crippen molar-refractivity contribution in [2.75, 3.05) is 12.8 Å². The van der Waals surface area contributed by atoms with Crippen molar-refractivity contribution in [2.45, 2.75) is 0 Å². The first-order valence-corrected chi connectivity index (χ1v) is 6.91. The molecule has 0 radical (unpaired) electrons. The van der Waals surface area contributed by atoms with E-state index in [0.717, 1.165) is 5.56 Å². The first-order valence-electron chi connectivity index (χ1n) is 6.91. The number of aryl methyl sites for hydroxylation is 1. The molecule has 2 aromatic heterocycles. The summed E-state index contributed by atoms with van der Waals surface area (Å²) in [6, 6.07) is 10.6. The summed E-state index contributed by atoms with van der Waals surface area (Å²) in [5.74, 6) is 0.816. The molecule has 1 aromatic carbocycles. The van der Waals surface area contributed by atoms with Crippen LogP contribution in [0, 0.1) is 0 Å². The predicted molar refractivity (Wildman–Crippen MR) is 86.9 cm³/mol. The van der Waals surface area contributed by atoms with Gasteiger partial charge in [0.25, 0.3) is 5.56 Å². The molecule has 0 amide bonds. The number of methoxy groups -OCH3 is 1. The summed E-state index contributed by atoms with van der Waals surface area (Å²) >= 11 is 0. The fraction of sp³-hybridized carbons (Fsp3) is 0.125. The van der Waals surface area contributed by atoms with Crippen LogP contribution in [0.15, 0.2) is 47.4 Å². The Morgan fingerprint density at radius 3 is 2.65 bits per heavy atom.